The monoisotopic (exact) mass is 197 g/mol. The minimum atomic E-state index is -0.0211. The number of nitrogens with one attached hydrogen (secondary N) is 2. The van der Waals surface area contributed by atoms with Crippen molar-refractivity contribution in [3.8, 4) is 0 Å². The second-order valence-corrected chi connectivity index (χ2v) is 3.04. The molecule has 0 unspecified atom stereocenters. The van der Waals surface area contributed by atoms with Crippen molar-refractivity contribution in [3.63, 3.8) is 0 Å². The Balaban J connectivity index is 2.11. The van der Waals surface area contributed by atoms with Gasteiger partial charge in [-0.3, -0.25) is 9.89 Å². The van der Waals surface area contributed by atoms with Gasteiger partial charge in [0.25, 0.3) is 0 Å². The zero-order valence-corrected chi connectivity index (χ0v) is 7.99. The molecular formula is C9H15N3O2. The van der Waals surface area contributed by atoms with Crippen LogP contribution in [0.15, 0.2) is 12.3 Å². The van der Waals surface area contributed by atoms with Crippen LogP contribution in [0.3, 0.4) is 0 Å². The standard InChI is InChI=1S/C9H15N3O2/c13-6-2-1-4-10-9(14)7-8-3-5-11-12-8/h3,5,13H,1-2,4,6-7H2,(H,10,14)(H,11,12). The minimum Gasteiger partial charge on any atom is -0.396 e. The van der Waals surface area contributed by atoms with Crippen LogP contribution in [0.1, 0.15) is 18.5 Å². The Morgan fingerprint density at radius 3 is 3.07 bits per heavy atom. The fourth-order valence-electron chi connectivity index (χ4n) is 1.08. The lowest BCUT2D eigenvalue weighted by Crippen LogP contribution is -2.26. The van der Waals surface area contributed by atoms with Crippen LogP contribution in [0, 0.1) is 0 Å². The quantitative estimate of drug-likeness (QED) is 0.554. The van der Waals surface area contributed by atoms with E-state index in [0.29, 0.717) is 13.0 Å². The summed E-state index contributed by atoms with van der Waals surface area (Å²) in [5, 5.41) is 17.7. The van der Waals surface area contributed by atoms with Crippen molar-refractivity contribution in [2.24, 2.45) is 0 Å². The van der Waals surface area contributed by atoms with Gasteiger partial charge < -0.3 is 10.4 Å². The van der Waals surface area contributed by atoms with E-state index in [1.54, 1.807) is 12.3 Å². The van der Waals surface area contributed by atoms with E-state index >= 15 is 0 Å². The first kappa shape index (κ1) is 10.7. The fourth-order valence-corrected chi connectivity index (χ4v) is 1.08. The summed E-state index contributed by atoms with van der Waals surface area (Å²) in [5.74, 6) is -0.0211. The van der Waals surface area contributed by atoms with Gasteiger partial charge in [-0.1, -0.05) is 0 Å². The normalized spacial score (nSPS) is 10.1. The van der Waals surface area contributed by atoms with Crippen LogP contribution >= 0.6 is 0 Å². The molecule has 0 aliphatic carbocycles. The Morgan fingerprint density at radius 1 is 1.57 bits per heavy atom. The maximum absolute atomic E-state index is 11.3. The van der Waals surface area contributed by atoms with Crippen molar-refractivity contribution in [1.82, 2.24) is 15.5 Å². The largest absolute Gasteiger partial charge is 0.396 e. The number of rotatable bonds is 6. The van der Waals surface area contributed by atoms with Crippen molar-refractivity contribution in [2.45, 2.75) is 19.3 Å². The summed E-state index contributed by atoms with van der Waals surface area (Å²) >= 11 is 0. The van der Waals surface area contributed by atoms with Gasteiger partial charge in [0.05, 0.1) is 6.42 Å². The smallest absolute Gasteiger partial charge is 0.225 e. The second-order valence-electron chi connectivity index (χ2n) is 3.04. The van der Waals surface area contributed by atoms with Crippen LogP contribution in [-0.2, 0) is 11.2 Å². The molecule has 5 heteroatoms. The predicted molar refractivity (Wildman–Crippen MR) is 51.6 cm³/mol. The number of aromatic amines is 1. The molecule has 5 nitrogen and oxygen atoms in total. The molecule has 14 heavy (non-hydrogen) atoms. The molecule has 0 spiro atoms. The highest BCUT2D eigenvalue weighted by molar-refractivity contribution is 5.77. The molecule has 0 fully saturated rings. The topological polar surface area (TPSA) is 78.0 Å². The molecule has 0 aromatic carbocycles. The van der Waals surface area contributed by atoms with Gasteiger partial charge in [-0.2, -0.15) is 5.10 Å². The van der Waals surface area contributed by atoms with Gasteiger partial charge in [-0.05, 0) is 18.9 Å². The summed E-state index contributed by atoms with van der Waals surface area (Å²) in [5.41, 5.74) is 0.810. The lowest BCUT2D eigenvalue weighted by molar-refractivity contribution is -0.120. The molecule has 1 rings (SSSR count). The molecule has 1 aromatic rings. The maximum atomic E-state index is 11.3. The van der Waals surface area contributed by atoms with Crippen molar-refractivity contribution in [2.75, 3.05) is 13.2 Å². The van der Waals surface area contributed by atoms with E-state index in [4.69, 9.17) is 5.11 Å². The van der Waals surface area contributed by atoms with Gasteiger partial charge in [0.2, 0.25) is 5.91 Å². The Labute approximate surface area is 82.5 Å². The van der Waals surface area contributed by atoms with E-state index in [-0.39, 0.29) is 12.5 Å². The third kappa shape index (κ3) is 4.04. The van der Waals surface area contributed by atoms with Gasteiger partial charge in [-0.25, -0.2) is 0 Å². The number of amides is 1. The van der Waals surface area contributed by atoms with Crippen molar-refractivity contribution in [1.29, 1.82) is 0 Å². The SMILES string of the molecule is O=C(Cc1ccn[nH]1)NCCCCO. The molecule has 78 valence electrons. The summed E-state index contributed by atoms with van der Waals surface area (Å²) in [4.78, 5) is 11.3. The average molecular weight is 197 g/mol. The number of aliphatic hydroxyl groups is 1. The third-order valence-electron chi connectivity index (χ3n) is 1.82. The van der Waals surface area contributed by atoms with Crippen LogP contribution in [0.5, 0.6) is 0 Å². The van der Waals surface area contributed by atoms with Gasteiger partial charge in [-0.15, -0.1) is 0 Å². The number of hydrogen-bond acceptors (Lipinski definition) is 3. The number of H-pyrrole nitrogens is 1. The van der Waals surface area contributed by atoms with Crippen LogP contribution in [0.25, 0.3) is 0 Å². The number of nitrogens with zero attached hydrogens (tertiary/aromatic N) is 1. The lowest BCUT2D eigenvalue weighted by atomic mass is 10.3. The molecule has 0 saturated heterocycles. The number of carbonyl (C=O) groups is 1. The molecule has 0 radical (unpaired) electrons. The summed E-state index contributed by atoms with van der Waals surface area (Å²) in [7, 11) is 0. The molecule has 0 atom stereocenters. The second kappa shape index (κ2) is 6.15. The van der Waals surface area contributed by atoms with E-state index in [9.17, 15) is 4.79 Å². The number of aliphatic hydroxyl groups excluding tert-OH is 1. The number of unbranched alkanes of at least 4 members (excludes halogenated alkanes) is 1. The van der Waals surface area contributed by atoms with E-state index in [1.807, 2.05) is 0 Å². The maximum Gasteiger partial charge on any atom is 0.225 e. The van der Waals surface area contributed by atoms with Crippen LogP contribution in [-0.4, -0.2) is 34.4 Å². The molecule has 1 amide bonds. The highest BCUT2D eigenvalue weighted by Crippen LogP contribution is 1.92. The zero-order valence-electron chi connectivity index (χ0n) is 7.99. The van der Waals surface area contributed by atoms with Crippen LogP contribution < -0.4 is 5.32 Å². The van der Waals surface area contributed by atoms with E-state index in [0.717, 1.165) is 18.5 Å². The first-order chi connectivity index (χ1) is 6.83. The van der Waals surface area contributed by atoms with Gasteiger partial charge in [0.15, 0.2) is 0 Å². The molecule has 1 aromatic heterocycles. The Morgan fingerprint density at radius 2 is 2.43 bits per heavy atom. The van der Waals surface area contributed by atoms with Crippen molar-refractivity contribution < 1.29 is 9.90 Å². The van der Waals surface area contributed by atoms with Crippen LogP contribution in [0.4, 0.5) is 0 Å². The summed E-state index contributed by atoms with van der Waals surface area (Å²) in [6, 6.07) is 1.77. The zero-order chi connectivity index (χ0) is 10.2. The molecule has 3 N–H and O–H groups in total. The lowest BCUT2D eigenvalue weighted by Gasteiger charge is -2.02. The van der Waals surface area contributed by atoms with E-state index in [1.165, 1.54) is 0 Å². The third-order valence-corrected chi connectivity index (χ3v) is 1.82. The first-order valence-corrected chi connectivity index (χ1v) is 4.68. The summed E-state index contributed by atoms with van der Waals surface area (Å²) < 4.78 is 0. The van der Waals surface area contributed by atoms with Gasteiger partial charge in [0, 0.05) is 25.0 Å². The highest BCUT2D eigenvalue weighted by Gasteiger charge is 2.02. The highest BCUT2D eigenvalue weighted by atomic mass is 16.2. The minimum absolute atomic E-state index is 0.0211. The van der Waals surface area contributed by atoms with Crippen molar-refractivity contribution >= 4 is 5.91 Å². The number of aromatic nitrogens is 2. The van der Waals surface area contributed by atoms with Crippen molar-refractivity contribution in [3.05, 3.63) is 18.0 Å². The number of hydrogen-bond donors (Lipinski definition) is 3. The molecule has 0 aliphatic heterocycles. The molecule has 0 bridgehead atoms. The summed E-state index contributed by atoms with van der Waals surface area (Å²) in [6.45, 7) is 0.796. The predicted octanol–water partition coefficient (Wildman–Crippen LogP) is -0.159. The summed E-state index contributed by atoms with van der Waals surface area (Å²) in [6.07, 6.45) is 3.49. The Bertz CT molecular complexity index is 259. The van der Waals surface area contributed by atoms with Gasteiger partial charge >= 0.3 is 0 Å². The Hall–Kier alpha value is -1.36. The van der Waals surface area contributed by atoms with E-state index in [2.05, 4.69) is 15.5 Å². The first-order valence-electron chi connectivity index (χ1n) is 4.68. The fraction of sp³-hybridized carbons (Fsp3) is 0.556. The molecule has 0 aliphatic rings. The van der Waals surface area contributed by atoms with Gasteiger partial charge in [0.1, 0.15) is 0 Å². The molecule has 1 heterocycles. The Kier molecular flexibility index (Phi) is 4.71. The van der Waals surface area contributed by atoms with Crippen LogP contribution in [0.2, 0.25) is 0 Å². The molecular weight excluding hydrogens is 182 g/mol. The average Bonchev–Trinajstić information content (AvgIpc) is 2.65. The van der Waals surface area contributed by atoms with E-state index < -0.39 is 0 Å². The molecule has 0 saturated carbocycles. The number of carbonyl (C=O) groups excluding carboxylic acids is 1.